The van der Waals surface area contributed by atoms with Crippen LogP contribution in [-0.2, 0) is 9.59 Å². The highest BCUT2D eigenvalue weighted by Crippen LogP contribution is 2.02. The smallest absolute Gasteiger partial charge is 0.336 e. The number of likely N-dealkylation sites (N-methyl/N-ethyl adjacent to an activating group) is 1. The molecule has 148 valence electrons. The Bertz CT molecular complexity index is 544. The molecule has 0 spiro atoms. The molecule has 0 saturated heterocycles. The molecule has 6 nitrogen and oxygen atoms in total. The van der Waals surface area contributed by atoms with Crippen molar-refractivity contribution < 1.29 is 41.3 Å². The third-order valence-corrected chi connectivity index (χ3v) is 2.99. The average molecular weight is 496 g/mol. The number of carbonyl (C=O) groups is 2. The van der Waals surface area contributed by atoms with Crippen molar-refractivity contribution in [3.05, 3.63) is 24.3 Å². The quantitative estimate of drug-likeness (QED) is 0.195. The number of carboxylic acid groups (broad SMARTS) is 2. The minimum Gasteiger partial charge on any atom is -1.00 e. The Morgan fingerprint density at radius 1 is 1.08 bits per heavy atom. The molecule has 0 radical (unpaired) electrons. The summed E-state index contributed by atoms with van der Waals surface area (Å²) in [6.07, 6.45) is 10.1. The third-order valence-electron chi connectivity index (χ3n) is 2.31. The van der Waals surface area contributed by atoms with Gasteiger partial charge in [-0.2, -0.15) is 0 Å². The fourth-order valence-electron chi connectivity index (χ4n) is 1.13. The van der Waals surface area contributed by atoms with E-state index in [1.807, 2.05) is 33.1 Å². The molecule has 0 aromatic rings. The lowest BCUT2D eigenvalue weighted by molar-refractivity contribution is -0.878. The number of nitrogens with zero attached hydrogens (tertiary/aromatic N) is 2. The minimum atomic E-state index is -0.960. The van der Waals surface area contributed by atoms with E-state index in [0.717, 1.165) is 6.54 Å². The first-order valence-electron chi connectivity index (χ1n) is 7.06. The number of carboxylic acids is 2. The van der Waals surface area contributed by atoms with Gasteiger partial charge in [0.1, 0.15) is 13.1 Å². The van der Waals surface area contributed by atoms with E-state index in [1.165, 1.54) is 0 Å². The standard InChI is InChI=1S/C9H13NO2.C5H9N.C4H5BrO2.BrH/c1-5-6-10(3,4)7-8(2)9(11)12;1-4-5-6(2)3;1-3(2-5)4(6)7;/h1H,2,6-7H2,3-4H3;1H,5H2,2-3H3;1-2H2,(H,6,7);1H. The second-order valence-electron chi connectivity index (χ2n) is 5.85. The molecule has 0 aliphatic carbocycles. The van der Waals surface area contributed by atoms with Crippen molar-refractivity contribution in [3.63, 3.8) is 0 Å². The molecule has 0 aromatic carbocycles. The molecular weight excluding hydrogens is 468 g/mol. The van der Waals surface area contributed by atoms with Gasteiger partial charge in [0.2, 0.25) is 0 Å². The number of halogens is 2. The van der Waals surface area contributed by atoms with Gasteiger partial charge in [-0.05, 0) is 20.0 Å². The van der Waals surface area contributed by atoms with Crippen LogP contribution in [0.2, 0.25) is 0 Å². The topological polar surface area (TPSA) is 77.8 Å². The largest absolute Gasteiger partial charge is 1.00 e. The molecule has 0 bridgehead atoms. The third kappa shape index (κ3) is 24.7. The first kappa shape index (κ1) is 32.1. The van der Waals surface area contributed by atoms with Crippen LogP contribution < -0.4 is 17.0 Å². The molecule has 8 heteroatoms. The molecular formula is C18H28Br2N2O4. The number of quaternary nitrogens is 1. The summed E-state index contributed by atoms with van der Waals surface area (Å²) in [6, 6.07) is 0. The lowest BCUT2D eigenvalue weighted by atomic mass is 10.2. The summed E-state index contributed by atoms with van der Waals surface area (Å²) in [5.41, 5.74) is 0.371. The summed E-state index contributed by atoms with van der Waals surface area (Å²) in [5.74, 6) is 3.08. The SMILES string of the molecule is C#CCN(C)C.C#CC[N+](C)(C)CC(=C)C(=O)O.C=C(CBr)C(=O)O.[Br-]. The van der Waals surface area contributed by atoms with Crippen LogP contribution in [0.4, 0.5) is 0 Å². The highest BCUT2D eigenvalue weighted by molar-refractivity contribution is 9.09. The van der Waals surface area contributed by atoms with Gasteiger partial charge >= 0.3 is 11.9 Å². The zero-order valence-electron chi connectivity index (χ0n) is 15.8. The molecule has 26 heavy (non-hydrogen) atoms. The van der Waals surface area contributed by atoms with E-state index in [0.29, 0.717) is 22.9 Å². The van der Waals surface area contributed by atoms with Gasteiger partial charge < -0.3 is 31.7 Å². The zero-order chi connectivity index (χ0) is 20.6. The summed E-state index contributed by atoms with van der Waals surface area (Å²) in [4.78, 5) is 22.2. The molecule has 0 aliphatic heterocycles. The maximum Gasteiger partial charge on any atom is 0.336 e. The number of hydrogen-bond donors (Lipinski definition) is 2. The maximum atomic E-state index is 10.4. The Kier molecular flexibility index (Phi) is 22.5. The molecule has 2 N–H and O–H groups in total. The Balaban J connectivity index is -0.000000149. The zero-order valence-corrected chi connectivity index (χ0v) is 18.9. The van der Waals surface area contributed by atoms with E-state index in [1.54, 1.807) is 0 Å². The van der Waals surface area contributed by atoms with Gasteiger partial charge in [-0.3, -0.25) is 4.90 Å². The van der Waals surface area contributed by atoms with E-state index in [-0.39, 0.29) is 28.1 Å². The van der Waals surface area contributed by atoms with Crippen LogP contribution in [0.1, 0.15) is 0 Å². The normalized spacial score (nSPS) is 8.92. The predicted molar refractivity (Wildman–Crippen MR) is 105 cm³/mol. The molecule has 0 aromatic heterocycles. The summed E-state index contributed by atoms with van der Waals surface area (Å²) < 4.78 is 0.460. The van der Waals surface area contributed by atoms with Crippen molar-refractivity contribution in [3.8, 4) is 24.7 Å². The molecule has 0 rings (SSSR count). The highest BCUT2D eigenvalue weighted by Gasteiger charge is 2.18. The molecule has 0 heterocycles. The van der Waals surface area contributed by atoms with Crippen LogP contribution >= 0.6 is 15.9 Å². The molecule has 0 atom stereocenters. The van der Waals surface area contributed by atoms with Crippen molar-refractivity contribution in [2.75, 3.05) is 53.2 Å². The van der Waals surface area contributed by atoms with Gasteiger partial charge in [-0.15, -0.1) is 12.8 Å². The molecule has 0 amide bonds. The first-order valence-corrected chi connectivity index (χ1v) is 8.18. The van der Waals surface area contributed by atoms with Crippen LogP contribution in [0, 0.1) is 24.7 Å². The van der Waals surface area contributed by atoms with Crippen LogP contribution in [-0.4, -0.2) is 84.7 Å². The Morgan fingerprint density at radius 2 is 1.50 bits per heavy atom. The average Bonchev–Trinajstić information content (AvgIpc) is 2.46. The van der Waals surface area contributed by atoms with Crippen LogP contribution in [0.3, 0.4) is 0 Å². The first-order chi connectivity index (χ1) is 11.3. The summed E-state index contributed by atoms with van der Waals surface area (Å²) in [7, 11) is 7.63. The minimum absolute atomic E-state index is 0. The van der Waals surface area contributed by atoms with Gasteiger partial charge in [-0.25, -0.2) is 9.59 Å². The Labute approximate surface area is 176 Å². The Hall–Kier alpha value is -1.58. The van der Waals surface area contributed by atoms with Crippen molar-refractivity contribution in [1.82, 2.24) is 4.90 Å². The highest BCUT2D eigenvalue weighted by atomic mass is 79.9. The van der Waals surface area contributed by atoms with Gasteiger partial charge in [0.05, 0.1) is 26.2 Å². The lowest BCUT2D eigenvalue weighted by Gasteiger charge is -2.27. The van der Waals surface area contributed by atoms with E-state index in [2.05, 4.69) is 40.9 Å². The summed E-state index contributed by atoms with van der Waals surface area (Å²) in [5, 5.41) is 16.9. The number of aliphatic carboxylic acids is 2. The van der Waals surface area contributed by atoms with Crippen molar-refractivity contribution in [1.29, 1.82) is 0 Å². The summed E-state index contributed by atoms with van der Waals surface area (Å²) in [6.45, 7) is 8.28. The van der Waals surface area contributed by atoms with Gasteiger partial charge in [0, 0.05) is 10.9 Å². The molecule has 0 saturated carbocycles. The molecule has 0 fully saturated rings. The number of hydrogen-bond acceptors (Lipinski definition) is 3. The van der Waals surface area contributed by atoms with Gasteiger partial charge in [0.15, 0.2) is 0 Å². The van der Waals surface area contributed by atoms with Gasteiger partial charge in [0.25, 0.3) is 0 Å². The van der Waals surface area contributed by atoms with E-state index >= 15 is 0 Å². The number of alkyl halides is 1. The fraction of sp³-hybridized carbons (Fsp3) is 0.444. The van der Waals surface area contributed by atoms with Crippen LogP contribution in [0.25, 0.3) is 0 Å². The van der Waals surface area contributed by atoms with E-state index in [4.69, 9.17) is 23.1 Å². The number of rotatable bonds is 7. The summed E-state index contributed by atoms with van der Waals surface area (Å²) >= 11 is 2.93. The van der Waals surface area contributed by atoms with E-state index < -0.39 is 11.9 Å². The van der Waals surface area contributed by atoms with Crippen LogP contribution in [0.5, 0.6) is 0 Å². The molecule has 0 unspecified atom stereocenters. The molecule has 0 aliphatic rings. The fourth-order valence-corrected chi connectivity index (χ4v) is 1.37. The van der Waals surface area contributed by atoms with Crippen molar-refractivity contribution >= 4 is 27.9 Å². The predicted octanol–water partition coefficient (Wildman–Crippen LogP) is -1.46. The lowest BCUT2D eigenvalue weighted by Crippen LogP contribution is -3.00. The second-order valence-corrected chi connectivity index (χ2v) is 6.41. The van der Waals surface area contributed by atoms with Crippen molar-refractivity contribution in [2.45, 2.75) is 0 Å². The maximum absolute atomic E-state index is 10.4. The Morgan fingerprint density at radius 3 is 1.65 bits per heavy atom. The second kappa shape index (κ2) is 18.2. The number of terminal acetylenes is 2. The van der Waals surface area contributed by atoms with Crippen molar-refractivity contribution in [2.24, 2.45) is 0 Å². The van der Waals surface area contributed by atoms with Gasteiger partial charge in [-0.1, -0.05) is 35.0 Å². The van der Waals surface area contributed by atoms with E-state index in [9.17, 15) is 9.59 Å². The van der Waals surface area contributed by atoms with Crippen LogP contribution in [0.15, 0.2) is 24.3 Å². The monoisotopic (exact) mass is 494 g/mol.